The van der Waals surface area contributed by atoms with Gasteiger partial charge in [-0.1, -0.05) is 6.92 Å². The van der Waals surface area contributed by atoms with Crippen molar-refractivity contribution in [3.63, 3.8) is 0 Å². The topological polar surface area (TPSA) is 72.2 Å². The lowest BCUT2D eigenvalue weighted by atomic mass is 10.2. The fraction of sp³-hybridized carbons (Fsp3) is 0.538. The minimum absolute atomic E-state index is 0.131. The van der Waals surface area contributed by atoms with E-state index in [1.807, 2.05) is 0 Å². The molecule has 0 bridgehead atoms. The van der Waals surface area contributed by atoms with Crippen LogP contribution in [0.1, 0.15) is 25.8 Å². The van der Waals surface area contributed by atoms with Crippen molar-refractivity contribution in [2.75, 3.05) is 17.2 Å². The third kappa shape index (κ3) is 4.64. The van der Waals surface area contributed by atoms with E-state index in [9.17, 15) is 12.8 Å². The molecule has 0 saturated carbocycles. The number of nitrogen functional groups attached to an aromatic ring is 1. The summed E-state index contributed by atoms with van der Waals surface area (Å²) in [4.78, 5) is -0.131. The number of hydrogen-bond donors (Lipinski definition) is 2. The molecule has 0 heterocycles. The molecular weight excluding hydrogens is 299 g/mol. The molecular formula is C13H21FN2O2S2. The molecule has 1 unspecified atom stereocenters. The van der Waals surface area contributed by atoms with E-state index < -0.39 is 15.8 Å². The second-order valence-electron chi connectivity index (χ2n) is 4.63. The first-order valence-electron chi connectivity index (χ1n) is 6.43. The van der Waals surface area contributed by atoms with Gasteiger partial charge in [0.15, 0.2) is 0 Å². The number of anilines is 1. The van der Waals surface area contributed by atoms with Crippen molar-refractivity contribution in [2.24, 2.45) is 0 Å². The molecule has 0 spiro atoms. The Balaban J connectivity index is 2.84. The largest absolute Gasteiger partial charge is 0.398 e. The van der Waals surface area contributed by atoms with Gasteiger partial charge in [0, 0.05) is 17.3 Å². The molecule has 0 aliphatic heterocycles. The fourth-order valence-corrected chi connectivity index (χ4v) is 3.76. The zero-order valence-electron chi connectivity index (χ0n) is 11.9. The van der Waals surface area contributed by atoms with E-state index in [0.717, 1.165) is 24.0 Å². The molecule has 1 atom stereocenters. The van der Waals surface area contributed by atoms with E-state index in [2.05, 4.69) is 11.6 Å². The van der Waals surface area contributed by atoms with Gasteiger partial charge >= 0.3 is 0 Å². The molecule has 0 fully saturated rings. The van der Waals surface area contributed by atoms with Gasteiger partial charge in [-0.15, -0.1) is 0 Å². The lowest BCUT2D eigenvalue weighted by molar-refractivity contribution is 0.554. The predicted molar refractivity (Wildman–Crippen MR) is 82.9 cm³/mol. The van der Waals surface area contributed by atoms with Gasteiger partial charge in [-0.05, 0) is 43.9 Å². The molecule has 1 aromatic rings. The highest BCUT2D eigenvalue weighted by atomic mass is 32.2. The molecule has 0 aromatic heterocycles. The molecule has 20 heavy (non-hydrogen) atoms. The standard InChI is InChI=1S/C13H21FN2O2S2/c1-4-19-6-5-9(2)16-20(17,18)11-7-12(14)10(3)13(15)8-11/h7-9,16H,4-6,15H2,1-3H3. The van der Waals surface area contributed by atoms with Gasteiger partial charge in [-0.2, -0.15) is 11.8 Å². The normalized spacial score (nSPS) is 13.4. The molecule has 0 aliphatic rings. The molecule has 114 valence electrons. The molecule has 1 rings (SSSR count). The minimum atomic E-state index is -3.74. The Kier molecular flexibility index (Phi) is 6.29. The Labute approximate surface area is 124 Å². The summed E-state index contributed by atoms with van der Waals surface area (Å²) in [7, 11) is -3.74. The summed E-state index contributed by atoms with van der Waals surface area (Å²) in [5.41, 5.74) is 6.01. The molecule has 0 amide bonds. The maximum absolute atomic E-state index is 13.6. The zero-order valence-corrected chi connectivity index (χ0v) is 13.6. The number of thioether (sulfide) groups is 1. The SMILES string of the molecule is CCSCCC(C)NS(=O)(=O)c1cc(N)c(C)c(F)c1. The van der Waals surface area contributed by atoms with Crippen LogP contribution in [0.3, 0.4) is 0 Å². The van der Waals surface area contributed by atoms with Gasteiger partial charge < -0.3 is 5.73 Å². The van der Waals surface area contributed by atoms with Crippen molar-refractivity contribution >= 4 is 27.5 Å². The van der Waals surface area contributed by atoms with E-state index >= 15 is 0 Å². The fourth-order valence-electron chi connectivity index (χ4n) is 1.63. The predicted octanol–water partition coefficient (Wildman–Crippen LogP) is 2.53. The third-order valence-corrected chi connectivity index (χ3v) is 5.43. The van der Waals surface area contributed by atoms with Crippen LogP contribution < -0.4 is 10.5 Å². The van der Waals surface area contributed by atoms with Crippen molar-refractivity contribution in [2.45, 2.75) is 38.1 Å². The van der Waals surface area contributed by atoms with Crippen LogP contribution in [0.4, 0.5) is 10.1 Å². The van der Waals surface area contributed by atoms with Crippen molar-refractivity contribution in [3.8, 4) is 0 Å². The van der Waals surface area contributed by atoms with Crippen LogP contribution >= 0.6 is 11.8 Å². The maximum Gasteiger partial charge on any atom is 0.240 e. The van der Waals surface area contributed by atoms with E-state index in [0.29, 0.717) is 0 Å². The third-order valence-electron chi connectivity index (χ3n) is 2.92. The average Bonchev–Trinajstić information content (AvgIpc) is 2.35. The Bertz CT molecular complexity index is 538. The lowest BCUT2D eigenvalue weighted by Crippen LogP contribution is -2.33. The highest BCUT2D eigenvalue weighted by Crippen LogP contribution is 2.21. The number of halogens is 1. The summed E-state index contributed by atoms with van der Waals surface area (Å²) < 4.78 is 40.4. The van der Waals surface area contributed by atoms with E-state index in [1.54, 1.807) is 18.7 Å². The highest BCUT2D eigenvalue weighted by molar-refractivity contribution is 7.99. The van der Waals surface area contributed by atoms with Crippen molar-refractivity contribution in [1.29, 1.82) is 0 Å². The number of benzene rings is 1. The van der Waals surface area contributed by atoms with E-state index in [-0.39, 0.29) is 22.2 Å². The van der Waals surface area contributed by atoms with Gasteiger partial charge in [-0.25, -0.2) is 17.5 Å². The van der Waals surface area contributed by atoms with Crippen molar-refractivity contribution in [1.82, 2.24) is 4.72 Å². The first-order chi connectivity index (χ1) is 9.27. The quantitative estimate of drug-likeness (QED) is 0.598. The highest BCUT2D eigenvalue weighted by Gasteiger charge is 2.19. The Morgan fingerprint density at radius 3 is 2.65 bits per heavy atom. The molecule has 0 aliphatic carbocycles. The maximum atomic E-state index is 13.6. The number of rotatable bonds is 7. The molecule has 3 N–H and O–H groups in total. The number of hydrogen-bond acceptors (Lipinski definition) is 4. The van der Waals surface area contributed by atoms with Crippen LogP contribution in [-0.4, -0.2) is 26.0 Å². The van der Waals surface area contributed by atoms with Gasteiger partial charge in [0.25, 0.3) is 0 Å². The van der Waals surface area contributed by atoms with Gasteiger partial charge in [0.05, 0.1) is 4.90 Å². The van der Waals surface area contributed by atoms with E-state index in [1.165, 1.54) is 13.0 Å². The zero-order chi connectivity index (χ0) is 15.3. The average molecular weight is 320 g/mol. The van der Waals surface area contributed by atoms with Crippen LogP contribution in [0.5, 0.6) is 0 Å². The summed E-state index contributed by atoms with van der Waals surface area (Å²) in [6.07, 6.45) is 0.724. The van der Waals surface area contributed by atoms with Crippen molar-refractivity contribution in [3.05, 3.63) is 23.5 Å². The van der Waals surface area contributed by atoms with E-state index in [4.69, 9.17) is 5.73 Å². The second-order valence-corrected chi connectivity index (χ2v) is 7.74. The molecule has 0 radical (unpaired) electrons. The summed E-state index contributed by atoms with van der Waals surface area (Å²) in [6, 6.07) is 2.08. The summed E-state index contributed by atoms with van der Waals surface area (Å²) in [5.74, 6) is 1.27. The summed E-state index contributed by atoms with van der Waals surface area (Å²) in [6.45, 7) is 5.36. The van der Waals surface area contributed by atoms with Crippen LogP contribution in [0.2, 0.25) is 0 Å². The molecule has 0 saturated heterocycles. The Morgan fingerprint density at radius 1 is 1.45 bits per heavy atom. The number of sulfonamides is 1. The number of nitrogens with two attached hydrogens (primary N) is 1. The molecule has 4 nitrogen and oxygen atoms in total. The Morgan fingerprint density at radius 2 is 2.10 bits per heavy atom. The van der Waals surface area contributed by atoms with Crippen LogP contribution in [-0.2, 0) is 10.0 Å². The lowest BCUT2D eigenvalue weighted by Gasteiger charge is -2.15. The molecule has 1 aromatic carbocycles. The smallest absolute Gasteiger partial charge is 0.240 e. The van der Waals surface area contributed by atoms with Crippen LogP contribution in [0, 0.1) is 12.7 Å². The van der Waals surface area contributed by atoms with Gasteiger partial charge in [0.2, 0.25) is 10.0 Å². The molecule has 7 heteroatoms. The summed E-state index contributed by atoms with van der Waals surface area (Å²) in [5, 5.41) is 0. The van der Waals surface area contributed by atoms with Crippen LogP contribution in [0.15, 0.2) is 17.0 Å². The van der Waals surface area contributed by atoms with Crippen molar-refractivity contribution < 1.29 is 12.8 Å². The minimum Gasteiger partial charge on any atom is -0.398 e. The first kappa shape index (κ1) is 17.3. The Hall–Kier alpha value is -0.790. The monoisotopic (exact) mass is 320 g/mol. The van der Waals surface area contributed by atoms with Gasteiger partial charge in [0.1, 0.15) is 5.82 Å². The number of nitrogens with one attached hydrogen (secondary N) is 1. The summed E-state index contributed by atoms with van der Waals surface area (Å²) >= 11 is 1.75. The second kappa shape index (κ2) is 7.28. The van der Waals surface area contributed by atoms with Gasteiger partial charge in [-0.3, -0.25) is 0 Å². The van der Waals surface area contributed by atoms with Crippen LogP contribution in [0.25, 0.3) is 0 Å². The first-order valence-corrected chi connectivity index (χ1v) is 9.07.